The number of rotatable bonds is 2. The number of benzene rings is 2. The number of aromatic hydroxyl groups is 1. The molecule has 2 aromatic carbocycles. The van der Waals surface area contributed by atoms with Gasteiger partial charge in [0.1, 0.15) is 11.5 Å². The number of hydrazone groups is 1. The predicted molar refractivity (Wildman–Crippen MR) is 97.9 cm³/mol. The largest absolute Gasteiger partial charge is 0.508 e. The highest BCUT2D eigenvalue weighted by atomic mass is 16.5. The SMILES string of the molecule is Oc1ccc(C2=NN3[C@@H](c4ccncc4)Oc4ccccc4[C@@H]3C2)cc1. The molecule has 5 nitrogen and oxygen atoms in total. The van der Waals surface area contributed by atoms with E-state index in [0.29, 0.717) is 0 Å². The summed E-state index contributed by atoms with van der Waals surface area (Å²) < 4.78 is 6.29. The minimum absolute atomic E-state index is 0.127. The minimum atomic E-state index is -0.285. The molecule has 3 heterocycles. The van der Waals surface area contributed by atoms with E-state index in [0.717, 1.165) is 34.6 Å². The molecule has 0 aliphatic carbocycles. The molecule has 0 fully saturated rings. The van der Waals surface area contributed by atoms with Crippen LogP contribution < -0.4 is 4.74 Å². The van der Waals surface area contributed by atoms with Crippen molar-refractivity contribution in [1.29, 1.82) is 0 Å². The van der Waals surface area contributed by atoms with E-state index < -0.39 is 0 Å². The van der Waals surface area contributed by atoms with E-state index in [1.54, 1.807) is 24.5 Å². The second kappa shape index (κ2) is 5.88. The Morgan fingerprint density at radius 1 is 0.962 bits per heavy atom. The van der Waals surface area contributed by atoms with Gasteiger partial charge in [-0.1, -0.05) is 18.2 Å². The van der Waals surface area contributed by atoms with Crippen molar-refractivity contribution in [1.82, 2.24) is 9.99 Å². The Hall–Kier alpha value is -3.34. The van der Waals surface area contributed by atoms with Crippen molar-refractivity contribution in [3.05, 3.63) is 89.7 Å². The van der Waals surface area contributed by atoms with E-state index in [1.165, 1.54) is 0 Å². The van der Waals surface area contributed by atoms with Gasteiger partial charge in [0, 0.05) is 29.9 Å². The molecule has 1 aromatic heterocycles. The predicted octanol–water partition coefficient (Wildman–Crippen LogP) is 4.03. The number of phenolic OH excluding ortho intramolecular Hbond substituents is 1. The summed E-state index contributed by atoms with van der Waals surface area (Å²) in [6, 6.07) is 19.4. The molecule has 0 saturated carbocycles. The molecule has 0 bridgehead atoms. The van der Waals surface area contributed by atoms with Gasteiger partial charge in [0.25, 0.3) is 0 Å². The van der Waals surface area contributed by atoms with E-state index >= 15 is 0 Å². The Kier molecular flexibility index (Phi) is 3.38. The molecule has 0 saturated heterocycles. The van der Waals surface area contributed by atoms with E-state index in [2.05, 4.69) is 11.1 Å². The van der Waals surface area contributed by atoms with Gasteiger partial charge in [-0.25, -0.2) is 5.01 Å². The van der Waals surface area contributed by atoms with Gasteiger partial charge in [-0.2, -0.15) is 5.10 Å². The van der Waals surface area contributed by atoms with Crippen molar-refractivity contribution < 1.29 is 9.84 Å². The Bertz CT molecular complexity index is 970. The number of para-hydroxylation sites is 1. The van der Waals surface area contributed by atoms with Gasteiger partial charge in [-0.3, -0.25) is 4.98 Å². The van der Waals surface area contributed by atoms with Gasteiger partial charge in [-0.15, -0.1) is 0 Å². The molecule has 5 rings (SSSR count). The number of hydrogen-bond acceptors (Lipinski definition) is 5. The van der Waals surface area contributed by atoms with Gasteiger partial charge >= 0.3 is 0 Å². The molecule has 128 valence electrons. The molecule has 0 spiro atoms. The lowest BCUT2D eigenvalue weighted by Gasteiger charge is -2.38. The molecule has 1 N–H and O–H groups in total. The van der Waals surface area contributed by atoms with E-state index in [9.17, 15) is 5.11 Å². The van der Waals surface area contributed by atoms with Gasteiger partial charge in [0.05, 0.1) is 11.8 Å². The molecule has 0 radical (unpaired) electrons. The van der Waals surface area contributed by atoms with Crippen LogP contribution >= 0.6 is 0 Å². The number of aromatic nitrogens is 1. The van der Waals surface area contributed by atoms with Gasteiger partial charge in [0.15, 0.2) is 0 Å². The standard InChI is InChI=1S/C21H17N3O2/c25-16-7-5-14(6-8-16)18-13-19-17-3-1-2-4-20(17)26-21(24(19)23-18)15-9-11-22-12-10-15/h1-12,19,21,25H,13H2/t19-,21+/m0/s1. The van der Waals surface area contributed by atoms with Gasteiger partial charge in [0.2, 0.25) is 6.23 Å². The minimum Gasteiger partial charge on any atom is -0.508 e. The van der Waals surface area contributed by atoms with E-state index in [4.69, 9.17) is 9.84 Å². The summed E-state index contributed by atoms with van der Waals surface area (Å²) in [6.07, 6.45) is 4.06. The Balaban J connectivity index is 1.59. The maximum atomic E-state index is 9.55. The van der Waals surface area contributed by atoms with Crippen LogP contribution in [-0.2, 0) is 0 Å². The third kappa shape index (κ3) is 2.40. The summed E-state index contributed by atoms with van der Waals surface area (Å²) in [5.41, 5.74) is 4.18. The fourth-order valence-corrected chi connectivity index (χ4v) is 3.61. The smallest absolute Gasteiger partial charge is 0.213 e. The van der Waals surface area contributed by atoms with Crippen LogP contribution in [-0.4, -0.2) is 20.8 Å². The number of fused-ring (bicyclic) bond motifs is 3. The van der Waals surface area contributed by atoms with Crippen LogP contribution in [0.3, 0.4) is 0 Å². The molecule has 0 unspecified atom stereocenters. The highest BCUT2D eigenvalue weighted by Crippen LogP contribution is 2.47. The molecule has 3 aromatic rings. The zero-order valence-electron chi connectivity index (χ0n) is 14.0. The Morgan fingerprint density at radius 2 is 1.73 bits per heavy atom. The maximum Gasteiger partial charge on any atom is 0.213 e. The van der Waals surface area contributed by atoms with Crippen molar-refractivity contribution >= 4 is 5.71 Å². The van der Waals surface area contributed by atoms with Crippen molar-refractivity contribution in [2.24, 2.45) is 5.10 Å². The number of pyridine rings is 1. The first kappa shape index (κ1) is 15.0. The molecule has 2 aliphatic rings. The summed E-state index contributed by atoms with van der Waals surface area (Å²) in [5, 5.41) is 16.5. The zero-order chi connectivity index (χ0) is 17.5. The summed E-state index contributed by atoms with van der Waals surface area (Å²) in [7, 11) is 0. The van der Waals surface area contributed by atoms with Crippen molar-refractivity contribution in [2.75, 3.05) is 0 Å². The van der Waals surface area contributed by atoms with Gasteiger partial charge in [-0.05, 0) is 48.0 Å². The quantitative estimate of drug-likeness (QED) is 0.763. The lowest BCUT2D eigenvalue weighted by Crippen LogP contribution is -2.33. The topological polar surface area (TPSA) is 58.0 Å². The molecule has 2 atom stereocenters. The molecule has 26 heavy (non-hydrogen) atoms. The number of hydrogen-bond donors (Lipinski definition) is 1. The molecule has 2 aliphatic heterocycles. The zero-order valence-corrected chi connectivity index (χ0v) is 14.0. The first-order chi connectivity index (χ1) is 12.8. The van der Waals surface area contributed by atoms with Crippen molar-refractivity contribution in [3.63, 3.8) is 0 Å². The third-order valence-electron chi connectivity index (χ3n) is 4.89. The lowest BCUT2D eigenvalue weighted by atomic mass is 9.96. The highest BCUT2D eigenvalue weighted by molar-refractivity contribution is 6.02. The highest BCUT2D eigenvalue weighted by Gasteiger charge is 2.40. The van der Waals surface area contributed by atoms with E-state index in [-0.39, 0.29) is 18.0 Å². The summed E-state index contributed by atoms with van der Waals surface area (Å²) in [6.45, 7) is 0. The third-order valence-corrected chi connectivity index (χ3v) is 4.89. The average Bonchev–Trinajstić information content (AvgIpc) is 3.14. The summed E-state index contributed by atoms with van der Waals surface area (Å²) >= 11 is 0. The second-order valence-electron chi connectivity index (χ2n) is 6.48. The van der Waals surface area contributed by atoms with Crippen LogP contribution in [0.1, 0.15) is 35.4 Å². The first-order valence-corrected chi connectivity index (χ1v) is 8.60. The first-order valence-electron chi connectivity index (χ1n) is 8.60. The van der Waals surface area contributed by atoms with Crippen LogP contribution in [0.2, 0.25) is 0 Å². The summed E-state index contributed by atoms with van der Waals surface area (Å²) in [4.78, 5) is 4.11. The normalized spacial score (nSPS) is 20.8. The fourth-order valence-electron chi connectivity index (χ4n) is 3.61. The van der Waals surface area contributed by atoms with Crippen LogP contribution in [0, 0.1) is 0 Å². The molecular weight excluding hydrogens is 326 g/mol. The number of nitrogens with zero attached hydrogens (tertiary/aromatic N) is 3. The maximum absolute atomic E-state index is 9.55. The number of ether oxygens (including phenoxy) is 1. The average molecular weight is 343 g/mol. The monoisotopic (exact) mass is 343 g/mol. The molecule has 5 heteroatoms. The van der Waals surface area contributed by atoms with Crippen molar-refractivity contribution in [2.45, 2.75) is 18.7 Å². The van der Waals surface area contributed by atoms with Crippen LogP contribution in [0.5, 0.6) is 11.5 Å². The van der Waals surface area contributed by atoms with Crippen LogP contribution in [0.25, 0.3) is 0 Å². The Labute approximate surface area is 151 Å². The molecule has 0 amide bonds. The molecular formula is C21H17N3O2. The van der Waals surface area contributed by atoms with Crippen molar-refractivity contribution in [3.8, 4) is 11.5 Å². The van der Waals surface area contributed by atoms with Gasteiger partial charge < -0.3 is 9.84 Å². The van der Waals surface area contributed by atoms with Crippen LogP contribution in [0.15, 0.2) is 78.2 Å². The lowest BCUT2D eigenvalue weighted by molar-refractivity contribution is -0.0190. The number of phenols is 1. The second-order valence-corrected chi connectivity index (χ2v) is 6.48. The Morgan fingerprint density at radius 3 is 2.54 bits per heavy atom. The van der Waals surface area contributed by atoms with Crippen LogP contribution in [0.4, 0.5) is 0 Å². The van der Waals surface area contributed by atoms with E-state index in [1.807, 2.05) is 47.5 Å². The fraction of sp³-hybridized carbons (Fsp3) is 0.143. The summed E-state index contributed by atoms with van der Waals surface area (Å²) in [5.74, 6) is 1.16.